The van der Waals surface area contributed by atoms with Crippen LogP contribution < -0.4 is 0 Å². The predicted octanol–water partition coefficient (Wildman–Crippen LogP) is 4.42. The number of pyridine rings is 1. The van der Waals surface area contributed by atoms with E-state index in [0.29, 0.717) is 16.3 Å². The van der Waals surface area contributed by atoms with Gasteiger partial charge in [0.15, 0.2) is 0 Å². The lowest BCUT2D eigenvalue weighted by Gasteiger charge is -2.11. The highest BCUT2D eigenvalue weighted by atomic mass is 35.5. The van der Waals surface area contributed by atoms with Gasteiger partial charge in [-0.3, -0.25) is 4.79 Å². The number of carbonyl (C=O) groups excluding carboxylic acids is 1. The number of aldehydes is 1. The van der Waals surface area contributed by atoms with Crippen LogP contribution >= 0.6 is 11.6 Å². The summed E-state index contributed by atoms with van der Waals surface area (Å²) in [7, 11) is 0. The number of aliphatic hydroxyl groups excluding tert-OH is 1. The van der Waals surface area contributed by atoms with Crippen molar-refractivity contribution in [1.29, 1.82) is 0 Å². The van der Waals surface area contributed by atoms with E-state index in [1.807, 2.05) is 24.3 Å². The van der Waals surface area contributed by atoms with Gasteiger partial charge in [0.05, 0.1) is 17.3 Å². The smallest absolute Gasteiger partial charge is 0.150 e. The molecule has 3 aromatic rings. The molecule has 4 heteroatoms. The second-order valence-corrected chi connectivity index (χ2v) is 5.62. The normalized spacial score (nSPS) is 12.3. The SMILES string of the molecule is CC(O)c1ccc2cc(C=O)cc(-c3cccc(Cl)c3)c2n1. The van der Waals surface area contributed by atoms with E-state index in [0.717, 1.165) is 28.3 Å². The van der Waals surface area contributed by atoms with Crippen LogP contribution in [0.2, 0.25) is 5.02 Å². The van der Waals surface area contributed by atoms with Crippen molar-refractivity contribution in [2.75, 3.05) is 0 Å². The lowest BCUT2D eigenvalue weighted by Crippen LogP contribution is -1.97. The lowest BCUT2D eigenvalue weighted by molar-refractivity contribution is 0.112. The van der Waals surface area contributed by atoms with Crippen molar-refractivity contribution in [3.63, 3.8) is 0 Å². The van der Waals surface area contributed by atoms with Crippen LogP contribution in [0, 0.1) is 0 Å². The summed E-state index contributed by atoms with van der Waals surface area (Å²) in [6.45, 7) is 1.67. The number of benzene rings is 2. The van der Waals surface area contributed by atoms with Gasteiger partial charge in [-0.1, -0.05) is 29.8 Å². The van der Waals surface area contributed by atoms with E-state index in [4.69, 9.17) is 11.6 Å². The predicted molar refractivity (Wildman–Crippen MR) is 88.2 cm³/mol. The third-order valence-corrected chi connectivity index (χ3v) is 3.77. The Morgan fingerprint density at radius 2 is 2.00 bits per heavy atom. The third-order valence-electron chi connectivity index (χ3n) is 3.54. The molecule has 0 saturated heterocycles. The summed E-state index contributed by atoms with van der Waals surface area (Å²) in [6.07, 6.45) is 0.165. The fourth-order valence-electron chi connectivity index (χ4n) is 2.45. The molecule has 0 aliphatic rings. The molecule has 1 unspecified atom stereocenters. The first-order valence-corrected chi connectivity index (χ1v) is 7.30. The Bertz CT molecular complexity index is 859. The van der Waals surface area contributed by atoms with Crippen LogP contribution in [-0.4, -0.2) is 16.4 Å². The van der Waals surface area contributed by atoms with Crippen LogP contribution in [0.4, 0.5) is 0 Å². The van der Waals surface area contributed by atoms with E-state index >= 15 is 0 Å². The fourth-order valence-corrected chi connectivity index (χ4v) is 2.64. The molecule has 22 heavy (non-hydrogen) atoms. The van der Waals surface area contributed by atoms with Crippen molar-refractivity contribution in [3.8, 4) is 11.1 Å². The van der Waals surface area contributed by atoms with Gasteiger partial charge < -0.3 is 5.11 Å². The first-order chi connectivity index (χ1) is 10.6. The number of aromatic nitrogens is 1. The zero-order chi connectivity index (χ0) is 15.7. The van der Waals surface area contributed by atoms with Crippen molar-refractivity contribution in [1.82, 2.24) is 4.98 Å². The zero-order valence-electron chi connectivity index (χ0n) is 12.0. The minimum Gasteiger partial charge on any atom is -0.387 e. The maximum atomic E-state index is 11.2. The fraction of sp³-hybridized carbons (Fsp3) is 0.111. The van der Waals surface area contributed by atoms with Gasteiger partial charge in [0, 0.05) is 21.5 Å². The number of aliphatic hydroxyl groups is 1. The molecule has 1 aromatic heterocycles. The molecule has 1 heterocycles. The van der Waals surface area contributed by atoms with Crippen molar-refractivity contribution < 1.29 is 9.90 Å². The molecule has 2 aromatic carbocycles. The van der Waals surface area contributed by atoms with Crippen LogP contribution in [0.15, 0.2) is 48.5 Å². The third kappa shape index (κ3) is 2.73. The number of hydrogen-bond donors (Lipinski definition) is 1. The van der Waals surface area contributed by atoms with Crippen LogP contribution in [-0.2, 0) is 0 Å². The number of nitrogens with zero attached hydrogens (tertiary/aromatic N) is 1. The molecule has 0 bridgehead atoms. The van der Waals surface area contributed by atoms with Crippen LogP contribution in [0.5, 0.6) is 0 Å². The van der Waals surface area contributed by atoms with Gasteiger partial charge in [0.25, 0.3) is 0 Å². The van der Waals surface area contributed by atoms with Crippen molar-refractivity contribution >= 4 is 28.8 Å². The molecular formula is C18H14ClNO2. The summed E-state index contributed by atoms with van der Waals surface area (Å²) in [4.78, 5) is 15.7. The summed E-state index contributed by atoms with van der Waals surface area (Å²) in [5.41, 5.74) is 3.62. The number of carbonyl (C=O) groups is 1. The first kappa shape index (κ1) is 14.7. The summed E-state index contributed by atoms with van der Waals surface area (Å²) in [5, 5.41) is 11.2. The Morgan fingerprint density at radius 1 is 1.18 bits per heavy atom. The van der Waals surface area contributed by atoms with Gasteiger partial charge in [-0.05, 0) is 42.8 Å². The largest absolute Gasteiger partial charge is 0.387 e. The Morgan fingerprint density at radius 3 is 2.68 bits per heavy atom. The molecule has 0 saturated carbocycles. The number of hydrogen-bond acceptors (Lipinski definition) is 3. The Hall–Kier alpha value is -2.23. The summed E-state index contributed by atoms with van der Waals surface area (Å²) in [6, 6.07) is 14.6. The van der Waals surface area contributed by atoms with Gasteiger partial charge >= 0.3 is 0 Å². The molecule has 0 amide bonds. The van der Waals surface area contributed by atoms with Gasteiger partial charge in [-0.25, -0.2) is 4.98 Å². The molecule has 0 aliphatic carbocycles. The average molecular weight is 312 g/mol. The van der Waals surface area contributed by atoms with E-state index in [9.17, 15) is 9.90 Å². The Labute approximate surface area is 133 Å². The topological polar surface area (TPSA) is 50.2 Å². The number of rotatable bonds is 3. The minimum atomic E-state index is -0.651. The second-order valence-electron chi connectivity index (χ2n) is 5.18. The monoisotopic (exact) mass is 311 g/mol. The minimum absolute atomic E-state index is 0.578. The van der Waals surface area contributed by atoms with E-state index in [1.54, 1.807) is 31.2 Å². The summed E-state index contributed by atoms with van der Waals surface area (Å²) in [5.74, 6) is 0. The summed E-state index contributed by atoms with van der Waals surface area (Å²) < 4.78 is 0. The number of halogens is 1. The number of fused-ring (bicyclic) bond motifs is 1. The van der Waals surface area contributed by atoms with E-state index in [-0.39, 0.29) is 0 Å². The molecule has 0 spiro atoms. The standard InChI is InChI=1S/C18H14ClNO2/c1-11(22)17-6-5-14-7-12(10-21)8-16(18(14)20-17)13-3-2-4-15(19)9-13/h2-11,22H,1H3. The van der Waals surface area contributed by atoms with Crippen molar-refractivity contribution in [3.05, 3.63) is 64.8 Å². The van der Waals surface area contributed by atoms with Crippen LogP contribution in [0.1, 0.15) is 29.1 Å². The lowest BCUT2D eigenvalue weighted by atomic mass is 9.98. The van der Waals surface area contributed by atoms with E-state index in [2.05, 4.69) is 4.98 Å². The molecular weight excluding hydrogens is 298 g/mol. The van der Waals surface area contributed by atoms with Crippen LogP contribution in [0.3, 0.4) is 0 Å². The maximum absolute atomic E-state index is 11.2. The molecule has 0 aliphatic heterocycles. The molecule has 110 valence electrons. The second kappa shape index (κ2) is 5.87. The molecule has 1 N–H and O–H groups in total. The molecule has 1 atom stereocenters. The van der Waals surface area contributed by atoms with Gasteiger partial charge in [0.1, 0.15) is 6.29 Å². The highest BCUT2D eigenvalue weighted by molar-refractivity contribution is 6.30. The van der Waals surface area contributed by atoms with Gasteiger partial charge in [-0.2, -0.15) is 0 Å². The zero-order valence-corrected chi connectivity index (χ0v) is 12.7. The van der Waals surface area contributed by atoms with E-state index < -0.39 is 6.10 Å². The highest BCUT2D eigenvalue weighted by Gasteiger charge is 2.11. The quantitative estimate of drug-likeness (QED) is 0.728. The van der Waals surface area contributed by atoms with Crippen molar-refractivity contribution in [2.45, 2.75) is 13.0 Å². The van der Waals surface area contributed by atoms with Crippen molar-refractivity contribution in [2.24, 2.45) is 0 Å². The van der Waals surface area contributed by atoms with Gasteiger partial charge in [-0.15, -0.1) is 0 Å². The molecule has 0 fully saturated rings. The summed E-state index contributed by atoms with van der Waals surface area (Å²) >= 11 is 6.07. The maximum Gasteiger partial charge on any atom is 0.150 e. The molecule has 0 radical (unpaired) electrons. The first-order valence-electron chi connectivity index (χ1n) is 6.92. The Kier molecular flexibility index (Phi) is 3.92. The molecule has 3 rings (SSSR count). The highest BCUT2D eigenvalue weighted by Crippen LogP contribution is 2.31. The Balaban J connectivity index is 2.34. The van der Waals surface area contributed by atoms with E-state index in [1.165, 1.54) is 0 Å². The van der Waals surface area contributed by atoms with Crippen LogP contribution in [0.25, 0.3) is 22.0 Å². The average Bonchev–Trinajstić information content (AvgIpc) is 2.53. The van der Waals surface area contributed by atoms with Gasteiger partial charge in [0.2, 0.25) is 0 Å². The molecule has 3 nitrogen and oxygen atoms in total.